The molecule has 4 nitrogen and oxygen atoms in total. The van der Waals surface area contributed by atoms with Gasteiger partial charge in [-0.25, -0.2) is 4.98 Å². The summed E-state index contributed by atoms with van der Waals surface area (Å²) in [5.41, 5.74) is 2.38. The third-order valence-corrected chi connectivity index (χ3v) is 6.88. The predicted octanol–water partition coefficient (Wildman–Crippen LogP) is 3.56. The lowest BCUT2D eigenvalue weighted by Gasteiger charge is -1.96. The summed E-state index contributed by atoms with van der Waals surface area (Å²) in [6.45, 7) is 0. The first-order chi connectivity index (χ1) is 8.09. The minimum atomic E-state index is -1.08. The van der Waals surface area contributed by atoms with Gasteiger partial charge in [-0.15, -0.1) is 11.3 Å². The maximum Gasteiger partial charge on any atom is 0.181 e. The van der Waals surface area contributed by atoms with Gasteiger partial charge in [0.05, 0.1) is 36.2 Å². The Hall–Kier alpha value is 0.0400. The van der Waals surface area contributed by atoms with Gasteiger partial charge in [-0.2, -0.15) is 8.75 Å². The van der Waals surface area contributed by atoms with E-state index in [4.69, 9.17) is 0 Å². The van der Waals surface area contributed by atoms with Crippen LogP contribution in [0.3, 0.4) is 0 Å². The number of benzene rings is 1. The lowest BCUT2D eigenvalue weighted by Crippen LogP contribution is -1.84. The van der Waals surface area contributed by atoms with E-state index in [-0.39, 0.29) is 0 Å². The standard InChI is InChI=1S/C8H3Br2N3OS3/c1-17(14)8-11-6-2(9)4-5(13-16-12-4)3(10)7(6)15-8/h1H3. The van der Waals surface area contributed by atoms with E-state index in [1.807, 2.05) is 0 Å². The second-order valence-corrected chi connectivity index (χ2v) is 7.87. The molecule has 0 fully saturated rings. The Balaban J connectivity index is 2.53. The first kappa shape index (κ1) is 12.1. The fourth-order valence-corrected chi connectivity index (χ4v) is 5.29. The number of fused-ring (bicyclic) bond motifs is 2. The van der Waals surface area contributed by atoms with E-state index in [0.29, 0.717) is 4.34 Å². The van der Waals surface area contributed by atoms with Crippen LogP contribution in [-0.4, -0.2) is 24.2 Å². The van der Waals surface area contributed by atoms with Crippen molar-refractivity contribution in [2.24, 2.45) is 0 Å². The van der Waals surface area contributed by atoms with Crippen LogP contribution in [-0.2, 0) is 10.8 Å². The molecule has 3 rings (SSSR count). The van der Waals surface area contributed by atoms with Crippen molar-refractivity contribution < 1.29 is 4.21 Å². The minimum absolute atomic E-state index is 0.609. The average Bonchev–Trinajstić information content (AvgIpc) is 2.92. The minimum Gasteiger partial charge on any atom is -0.252 e. The molecule has 0 aliphatic carbocycles. The van der Waals surface area contributed by atoms with Crippen molar-refractivity contribution in [3.8, 4) is 0 Å². The number of halogens is 2. The molecular formula is C8H3Br2N3OS3. The molecule has 0 bridgehead atoms. The molecule has 9 heteroatoms. The Morgan fingerprint density at radius 3 is 2.41 bits per heavy atom. The summed E-state index contributed by atoms with van der Waals surface area (Å²) in [7, 11) is -1.08. The zero-order chi connectivity index (χ0) is 12.2. The molecule has 88 valence electrons. The maximum absolute atomic E-state index is 11.5. The number of hydrogen-bond acceptors (Lipinski definition) is 6. The highest BCUT2D eigenvalue weighted by atomic mass is 79.9. The van der Waals surface area contributed by atoms with Gasteiger partial charge in [0.25, 0.3) is 0 Å². The van der Waals surface area contributed by atoms with Crippen molar-refractivity contribution in [1.82, 2.24) is 13.7 Å². The van der Waals surface area contributed by atoms with Crippen molar-refractivity contribution >= 4 is 87.0 Å². The van der Waals surface area contributed by atoms with Gasteiger partial charge in [0.15, 0.2) is 4.34 Å². The molecule has 3 aromatic rings. The number of thiazole rings is 1. The number of aromatic nitrogens is 3. The Morgan fingerprint density at radius 2 is 1.76 bits per heavy atom. The molecule has 0 saturated heterocycles. The van der Waals surface area contributed by atoms with Crippen LogP contribution < -0.4 is 0 Å². The van der Waals surface area contributed by atoms with E-state index in [1.165, 1.54) is 11.3 Å². The third kappa shape index (κ3) is 1.79. The van der Waals surface area contributed by atoms with Crippen molar-refractivity contribution in [1.29, 1.82) is 0 Å². The van der Waals surface area contributed by atoms with Gasteiger partial charge in [0, 0.05) is 6.26 Å². The quantitative estimate of drug-likeness (QED) is 0.613. The van der Waals surface area contributed by atoms with Gasteiger partial charge in [0.2, 0.25) is 0 Å². The Labute approximate surface area is 123 Å². The van der Waals surface area contributed by atoms with Crippen LogP contribution in [0.4, 0.5) is 0 Å². The molecule has 1 unspecified atom stereocenters. The van der Waals surface area contributed by atoms with E-state index in [1.54, 1.807) is 6.26 Å². The molecule has 0 N–H and O–H groups in total. The Morgan fingerprint density at radius 1 is 1.12 bits per heavy atom. The number of hydrogen-bond donors (Lipinski definition) is 0. The van der Waals surface area contributed by atoms with Crippen LogP contribution in [0.5, 0.6) is 0 Å². The summed E-state index contributed by atoms with van der Waals surface area (Å²) in [5, 5.41) is 0. The smallest absolute Gasteiger partial charge is 0.181 e. The highest BCUT2D eigenvalue weighted by molar-refractivity contribution is 9.11. The monoisotopic (exact) mass is 411 g/mol. The first-order valence-corrected chi connectivity index (χ1v) is 9.02. The number of rotatable bonds is 1. The van der Waals surface area contributed by atoms with Crippen LogP contribution in [0.25, 0.3) is 21.3 Å². The lowest BCUT2D eigenvalue weighted by atomic mass is 10.3. The van der Waals surface area contributed by atoms with Gasteiger partial charge in [-0.05, 0) is 31.9 Å². The largest absolute Gasteiger partial charge is 0.252 e. The van der Waals surface area contributed by atoms with E-state index < -0.39 is 10.8 Å². The summed E-state index contributed by atoms with van der Waals surface area (Å²) < 4.78 is 23.2. The summed E-state index contributed by atoms with van der Waals surface area (Å²) >= 11 is 9.58. The highest BCUT2D eigenvalue weighted by Gasteiger charge is 2.19. The van der Waals surface area contributed by atoms with E-state index in [2.05, 4.69) is 45.6 Å². The SMILES string of the molecule is CS(=O)c1nc2c(Br)c3nsnc3c(Br)c2s1. The molecule has 1 atom stereocenters. The normalized spacial score (nSPS) is 13.6. The topological polar surface area (TPSA) is 55.7 Å². The van der Waals surface area contributed by atoms with Crippen molar-refractivity contribution in [2.75, 3.05) is 6.26 Å². The van der Waals surface area contributed by atoms with Gasteiger partial charge in [0.1, 0.15) is 16.6 Å². The molecule has 0 spiro atoms. The second kappa shape index (κ2) is 4.30. The van der Waals surface area contributed by atoms with E-state index in [0.717, 1.165) is 41.9 Å². The molecular weight excluding hydrogens is 410 g/mol. The van der Waals surface area contributed by atoms with Gasteiger partial charge in [-0.1, -0.05) is 0 Å². The Kier molecular flexibility index (Phi) is 3.06. The molecule has 0 aliphatic rings. The van der Waals surface area contributed by atoms with Crippen molar-refractivity contribution in [3.63, 3.8) is 0 Å². The van der Waals surface area contributed by atoms with Gasteiger partial charge < -0.3 is 0 Å². The summed E-state index contributed by atoms with van der Waals surface area (Å²) in [6.07, 6.45) is 1.62. The molecule has 1 aromatic carbocycles. The van der Waals surface area contributed by atoms with E-state index >= 15 is 0 Å². The molecule has 2 aromatic heterocycles. The molecule has 0 radical (unpaired) electrons. The van der Waals surface area contributed by atoms with Crippen molar-refractivity contribution in [2.45, 2.75) is 4.34 Å². The summed E-state index contributed by atoms with van der Waals surface area (Å²) in [6, 6.07) is 0. The fraction of sp³-hybridized carbons (Fsp3) is 0.125. The van der Waals surface area contributed by atoms with Crippen LogP contribution >= 0.6 is 54.9 Å². The zero-order valence-corrected chi connectivity index (χ0v) is 13.9. The molecule has 0 saturated carbocycles. The van der Waals surface area contributed by atoms with Crippen LogP contribution in [0.15, 0.2) is 13.3 Å². The van der Waals surface area contributed by atoms with Crippen LogP contribution in [0.1, 0.15) is 0 Å². The summed E-state index contributed by atoms with van der Waals surface area (Å²) in [5.74, 6) is 0. The Bertz CT molecular complexity index is 712. The predicted molar refractivity (Wildman–Crippen MR) is 78.3 cm³/mol. The van der Waals surface area contributed by atoms with E-state index in [9.17, 15) is 4.21 Å². The number of nitrogens with zero attached hydrogens (tertiary/aromatic N) is 3. The third-order valence-electron chi connectivity index (χ3n) is 2.17. The molecule has 2 heterocycles. The van der Waals surface area contributed by atoms with Gasteiger partial charge in [-0.3, -0.25) is 4.21 Å². The molecule has 17 heavy (non-hydrogen) atoms. The van der Waals surface area contributed by atoms with Crippen LogP contribution in [0.2, 0.25) is 0 Å². The molecule has 0 aliphatic heterocycles. The first-order valence-electron chi connectivity index (χ1n) is 4.32. The van der Waals surface area contributed by atoms with Crippen LogP contribution in [0, 0.1) is 0 Å². The van der Waals surface area contributed by atoms with Gasteiger partial charge >= 0.3 is 0 Å². The van der Waals surface area contributed by atoms with Crippen molar-refractivity contribution in [3.05, 3.63) is 8.95 Å². The fourth-order valence-electron chi connectivity index (χ4n) is 1.42. The maximum atomic E-state index is 11.5. The highest BCUT2D eigenvalue weighted by Crippen LogP contribution is 2.41. The average molecular weight is 413 g/mol. The second-order valence-electron chi connectivity index (χ2n) is 3.20. The summed E-state index contributed by atoms with van der Waals surface area (Å²) in [4.78, 5) is 4.38. The zero-order valence-electron chi connectivity index (χ0n) is 8.23. The molecule has 0 amide bonds. The lowest BCUT2D eigenvalue weighted by molar-refractivity contribution is 0.686.